The second kappa shape index (κ2) is 3.20. The molecule has 0 amide bonds. The third kappa shape index (κ3) is 1.60. The Kier molecular flexibility index (Phi) is 2.50. The molecule has 1 atom stereocenters. The van der Waals surface area contributed by atoms with Gasteiger partial charge in [-0.05, 0) is 26.8 Å². The molecule has 0 aliphatic carbocycles. The molecule has 0 radical (unpaired) electrons. The normalized spacial score (nSPS) is 27.1. The highest BCUT2D eigenvalue weighted by atomic mass is 15.2. The Morgan fingerprint density at radius 2 is 2.40 bits per heavy atom. The summed E-state index contributed by atoms with van der Waals surface area (Å²) in [5.74, 6) is 0. The van der Waals surface area contributed by atoms with Crippen molar-refractivity contribution in [2.75, 3.05) is 13.1 Å². The van der Waals surface area contributed by atoms with Crippen molar-refractivity contribution >= 4 is 0 Å². The molecule has 0 bridgehead atoms. The van der Waals surface area contributed by atoms with Crippen LogP contribution in [0.25, 0.3) is 0 Å². The van der Waals surface area contributed by atoms with E-state index < -0.39 is 0 Å². The van der Waals surface area contributed by atoms with Gasteiger partial charge in [-0.2, -0.15) is 0 Å². The fourth-order valence-corrected chi connectivity index (χ4v) is 1.60. The third-order valence-electron chi connectivity index (χ3n) is 2.06. The Balaban J connectivity index is 2.39. The standard InChI is InChI=1S/C9H17N/c1-4-5-10-7-8(2)6-9(10)3/h6,9H,4-5,7H2,1-3H3. The van der Waals surface area contributed by atoms with Gasteiger partial charge in [-0.25, -0.2) is 0 Å². The molecule has 10 heavy (non-hydrogen) atoms. The van der Waals surface area contributed by atoms with Crippen LogP contribution >= 0.6 is 0 Å². The van der Waals surface area contributed by atoms with Crippen molar-refractivity contribution in [3.63, 3.8) is 0 Å². The fraction of sp³-hybridized carbons (Fsp3) is 0.778. The van der Waals surface area contributed by atoms with Crippen LogP contribution in [0.15, 0.2) is 11.6 Å². The maximum absolute atomic E-state index is 2.51. The van der Waals surface area contributed by atoms with E-state index in [1.807, 2.05) is 0 Å². The van der Waals surface area contributed by atoms with Gasteiger partial charge >= 0.3 is 0 Å². The molecule has 1 heterocycles. The van der Waals surface area contributed by atoms with Gasteiger partial charge in [-0.1, -0.05) is 18.6 Å². The SMILES string of the molecule is CCCN1CC(C)=CC1C. The molecule has 1 unspecified atom stereocenters. The van der Waals surface area contributed by atoms with Gasteiger partial charge in [0.25, 0.3) is 0 Å². The highest BCUT2D eigenvalue weighted by molar-refractivity contribution is 5.12. The van der Waals surface area contributed by atoms with Crippen LogP contribution in [0.5, 0.6) is 0 Å². The summed E-state index contributed by atoms with van der Waals surface area (Å²) in [5, 5.41) is 0. The lowest BCUT2D eigenvalue weighted by atomic mass is 10.3. The molecule has 0 aromatic carbocycles. The summed E-state index contributed by atoms with van der Waals surface area (Å²) in [4.78, 5) is 2.51. The molecule has 1 aliphatic heterocycles. The lowest BCUT2D eigenvalue weighted by Gasteiger charge is -2.19. The Morgan fingerprint density at radius 1 is 1.70 bits per heavy atom. The Bertz CT molecular complexity index is 138. The smallest absolute Gasteiger partial charge is 0.0256 e. The monoisotopic (exact) mass is 139 g/mol. The van der Waals surface area contributed by atoms with Gasteiger partial charge in [-0.15, -0.1) is 0 Å². The summed E-state index contributed by atoms with van der Waals surface area (Å²) in [6.45, 7) is 9.16. The summed E-state index contributed by atoms with van der Waals surface area (Å²) in [6, 6.07) is 0.681. The van der Waals surface area contributed by atoms with Crippen LogP contribution < -0.4 is 0 Å². The second-order valence-corrected chi connectivity index (χ2v) is 3.22. The van der Waals surface area contributed by atoms with E-state index in [0.717, 1.165) is 0 Å². The van der Waals surface area contributed by atoms with Crippen LogP contribution in [0.4, 0.5) is 0 Å². The molecule has 1 nitrogen and oxygen atoms in total. The summed E-state index contributed by atoms with van der Waals surface area (Å²) in [5.41, 5.74) is 1.53. The average molecular weight is 139 g/mol. The molecule has 0 aromatic heterocycles. The van der Waals surface area contributed by atoms with E-state index in [2.05, 4.69) is 31.7 Å². The van der Waals surface area contributed by atoms with Crippen LogP contribution in [-0.2, 0) is 0 Å². The maximum atomic E-state index is 2.51. The van der Waals surface area contributed by atoms with E-state index in [-0.39, 0.29) is 0 Å². The lowest BCUT2D eigenvalue weighted by Crippen LogP contribution is -2.28. The zero-order valence-corrected chi connectivity index (χ0v) is 7.22. The first-order chi connectivity index (χ1) is 4.74. The zero-order chi connectivity index (χ0) is 7.56. The maximum Gasteiger partial charge on any atom is 0.0256 e. The topological polar surface area (TPSA) is 3.24 Å². The predicted molar refractivity (Wildman–Crippen MR) is 45.1 cm³/mol. The number of hydrogen-bond acceptors (Lipinski definition) is 1. The molecular weight excluding hydrogens is 122 g/mol. The van der Waals surface area contributed by atoms with Crippen molar-refractivity contribution in [3.8, 4) is 0 Å². The first-order valence-electron chi connectivity index (χ1n) is 4.15. The van der Waals surface area contributed by atoms with Gasteiger partial charge in [0.05, 0.1) is 0 Å². The molecule has 1 rings (SSSR count). The van der Waals surface area contributed by atoms with Crippen molar-refractivity contribution in [2.24, 2.45) is 0 Å². The van der Waals surface area contributed by atoms with Gasteiger partial charge < -0.3 is 0 Å². The molecule has 0 spiro atoms. The minimum absolute atomic E-state index is 0.681. The molecule has 0 saturated carbocycles. The van der Waals surface area contributed by atoms with Gasteiger partial charge in [0.1, 0.15) is 0 Å². The van der Waals surface area contributed by atoms with Gasteiger partial charge in [0.15, 0.2) is 0 Å². The van der Waals surface area contributed by atoms with Crippen LogP contribution in [0.2, 0.25) is 0 Å². The fourth-order valence-electron chi connectivity index (χ4n) is 1.60. The van der Waals surface area contributed by atoms with Crippen molar-refractivity contribution in [2.45, 2.75) is 33.2 Å². The Hall–Kier alpha value is -0.300. The molecule has 1 aliphatic rings. The van der Waals surface area contributed by atoms with E-state index in [9.17, 15) is 0 Å². The van der Waals surface area contributed by atoms with E-state index in [4.69, 9.17) is 0 Å². The Labute approximate surface area is 63.7 Å². The van der Waals surface area contributed by atoms with Crippen molar-refractivity contribution in [1.29, 1.82) is 0 Å². The highest BCUT2D eigenvalue weighted by Gasteiger charge is 2.16. The van der Waals surface area contributed by atoms with Gasteiger partial charge in [0.2, 0.25) is 0 Å². The third-order valence-corrected chi connectivity index (χ3v) is 2.06. The summed E-state index contributed by atoms with van der Waals surface area (Å²) >= 11 is 0. The highest BCUT2D eigenvalue weighted by Crippen LogP contribution is 2.14. The van der Waals surface area contributed by atoms with Crippen molar-refractivity contribution in [1.82, 2.24) is 4.90 Å². The minimum atomic E-state index is 0.681. The number of nitrogens with zero attached hydrogens (tertiary/aromatic N) is 1. The lowest BCUT2D eigenvalue weighted by molar-refractivity contribution is 0.284. The van der Waals surface area contributed by atoms with Gasteiger partial charge in [-0.3, -0.25) is 4.90 Å². The number of hydrogen-bond donors (Lipinski definition) is 0. The summed E-state index contributed by atoms with van der Waals surface area (Å²) in [6.07, 6.45) is 3.63. The molecule has 0 saturated heterocycles. The molecular formula is C9H17N. The van der Waals surface area contributed by atoms with E-state index in [1.165, 1.54) is 25.1 Å². The van der Waals surface area contributed by atoms with Crippen LogP contribution in [0.3, 0.4) is 0 Å². The first kappa shape index (κ1) is 7.80. The average Bonchev–Trinajstić information content (AvgIpc) is 2.13. The second-order valence-electron chi connectivity index (χ2n) is 3.22. The molecule has 0 fully saturated rings. The van der Waals surface area contributed by atoms with E-state index in [1.54, 1.807) is 0 Å². The predicted octanol–water partition coefficient (Wildman–Crippen LogP) is 2.05. The zero-order valence-electron chi connectivity index (χ0n) is 7.22. The van der Waals surface area contributed by atoms with E-state index in [0.29, 0.717) is 6.04 Å². The molecule has 58 valence electrons. The summed E-state index contributed by atoms with van der Waals surface area (Å²) < 4.78 is 0. The first-order valence-corrected chi connectivity index (χ1v) is 4.15. The summed E-state index contributed by atoms with van der Waals surface area (Å²) in [7, 11) is 0. The number of rotatable bonds is 2. The van der Waals surface area contributed by atoms with E-state index >= 15 is 0 Å². The largest absolute Gasteiger partial charge is 0.293 e. The van der Waals surface area contributed by atoms with Crippen molar-refractivity contribution in [3.05, 3.63) is 11.6 Å². The van der Waals surface area contributed by atoms with Gasteiger partial charge in [0, 0.05) is 12.6 Å². The molecule has 0 N–H and O–H groups in total. The minimum Gasteiger partial charge on any atom is -0.293 e. The van der Waals surface area contributed by atoms with Crippen LogP contribution in [-0.4, -0.2) is 24.0 Å². The van der Waals surface area contributed by atoms with Crippen molar-refractivity contribution < 1.29 is 0 Å². The Morgan fingerprint density at radius 3 is 2.80 bits per heavy atom. The molecule has 0 aromatic rings. The quantitative estimate of drug-likeness (QED) is 0.529. The van der Waals surface area contributed by atoms with Crippen LogP contribution in [0, 0.1) is 0 Å². The van der Waals surface area contributed by atoms with Crippen LogP contribution in [0.1, 0.15) is 27.2 Å². The molecule has 1 heteroatoms.